The first-order valence-corrected chi connectivity index (χ1v) is 12.5. The molecule has 1 atom stereocenters. The second-order valence-electron chi connectivity index (χ2n) is 9.55. The first-order chi connectivity index (χ1) is 16.3. The van der Waals surface area contributed by atoms with Gasteiger partial charge in [0.15, 0.2) is 0 Å². The van der Waals surface area contributed by atoms with Crippen LogP contribution in [0.25, 0.3) is 0 Å². The summed E-state index contributed by atoms with van der Waals surface area (Å²) in [6.07, 6.45) is 13.0. The fourth-order valence-corrected chi connectivity index (χ4v) is 4.44. The summed E-state index contributed by atoms with van der Waals surface area (Å²) in [5, 5.41) is 23.8. The SMILES string of the molecule is C1CCC(NC2CCCCC2)CC1.C[C@@](CCC(=O)O)(NC(=O)OCc1ccccc1)C(=O)O. The Labute approximate surface area is 202 Å². The van der Waals surface area contributed by atoms with Gasteiger partial charge in [-0.05, 0) is 44.6 Å². The van der Waals surface area contributed by atoms with Crippen molar-refractivity contribution < 1.29 is 29.3 Å². The van der Waals surface area contributed by atoms with Crippen LogP contribution in [-0.2, 0) is 20.9 Å². The fourth-order valence-electron chi connectivity index (χ4n) is 4.44. The molecule has 2 fully saturated rings. The number of carboxylic acid groups (broad SMARTS) is 2. The van der Waals surface area contributed by atoms with Gasteiger partial charge in [-0.3, -0.25) is 4.79 Å². The zero-order valence-corrected chi connectivity index (χ0v) is 20.3. The van der Waals surface area contributed by atoms with Gasteiger partial charge in [0.25, 0.3) is 0 Å². The second kappa shape index (κ2) is 14.6. The fraction of sp³-hybridized carbons (Fsp3) is 0.654. The summed E-state index contributed by atoms with van der Waals surface area (Å²) < 4.78 is 4.92. The number of carbonyl (C=O) groups is 3. The highest BCUT2D eigenvalue weighted by Crippen LogP contribution is 2.22. The van der Waals surface area contributed by atoms with Crippen LogP contribution in [0.2, 0.25) is 0 Å². The highest BCUT2D eigenvalue weighted by Gasteiger charge is 2.35. The van der Waals surface area contributed by atoms with E-state index in [-0.39, 0.29) is 19.4 Å². The molecule has 0 spiro atoms. The molecule has 2 saturated carbocycles. The number of carboxylic acids is 2. The normalized spacial score (nSPS) is 18.6. The van der Waals surface area contributed by atoms with E-state index in [4.69, 9.17) is 14.9 Å². The van der Waals surface area contributed by atoms with Crippen LogP contribution in [0, 0.1) is 0 Å². The minimum Gasteiger partial charge on any atom is -0.481 e. The molecule has 0 bridgehead atoms. The molecule has 190 valence electrons. The lowest BCUT2D eigenvalue weighted by Gasteiger charge is -2.30. The number of aliphatic carboxylic acids is 2. The average molecular weight is 477 g/mol. The smallest absolute Gasteiger partial charge is 0.408 e. The van der Waals surface area contributed by atoms with Crippen molar-refractivity contribution in [2.45, 2.75) is 108 Å². The quantitative estimate of drug-likeness (QED) is 0.401. The lowest BCUT2D eigenvalue weighted by atomic mass is 9.91. The number of alkyl carbamates (subject to hydrolysis) is 1. The van der Waals surface area contributed by atoms with Gasteiger partial charge in [-0.25, -0.2) is 9.59 Å². The molecule has 2 aliphatic rings. The Bertz CT molecular complexity index is 744. The van der Waals surface area contributed by atoms with Crippen molar-refractivity contribution in [1.82, 2.24) is 10.6 Å². The van der Waals surface area contributed by atoms with Crippen molar-refractivity contribution in [2.75, 3.05) is 0 Å². The number of ether oxygens (including phenoxy) is 1. The van der Waals surface area contributed by atoms with Gasteiger partial charge in [0.1, 0.15) is 12.1 Å². The van der Waals surface area contributed by atoms with Gasteiger partial charge in [0.2, 0.25) is 0 Å². The lowest BCUT2D eigenvalue weighted by molar-refractivity contribution is -0.145. The standard InChI is InChI=1S/C14H17NO6.C12H23N/c1-14(12(18)19,8-7-11(16)17)15-13(20)21-9-10-5-3-2-4-6-10;1-3-7-11(8-4-1)13-12-9-5-2-6-10-12/h2-6H,7-9H2,1H3,(H,15,20)(H,16,17)(H,18,19);11-13H,1-10H2/t14-;/m0./s1. The predicted octanol–water partition coefficient (Wildman–Crippen LogP) is 4.86. The lowest BCUT2D eigenvalue weighted by Crippen LogP contribution is -2.52. The molecular weight excluding hydrogens is 436 g/mol. The van der Waals surface area contributed by atoms with E-state index in [1.165, 1.54) is 71.1 Å². The van der Waals surface area contributed by atoms with Gasteiger partial charge >= 0.3 is 18.0 Å². The Morgan fingerprint density at radius 2 is 1.44 bits per heavy atom. The van der Waals surface area contributed by atoms with E-state index in [1.807, 2.05) is 6.07 Å². The molecule has 0 unspecified atom stereocenters. The van der Waals surface area contributed by atoms with Crippen LogP contribution < -0.4 is 10.6 Å². The minimum atomic E-state index is -1.69. The number of amides is 1. The minimum absolute atomic E-state index is 0.00129. The van der Waals surface area contributed by atoms with Crippen molar-refractivity contribution in [2.24, 2.45) is 0 Å². The number of rotatable bonds is 9. The van der Waals surface area contributed by atoms with E-state index in [1.54, 1.807) is 24.3 Å². The molecule has 3 rings (SSSR count). The molecule has 1 aromatic carbocycles. The molecule has 0 aromatic heterocycles. The Balaban J connectivity index is 0.000000266. The molecule has 0 heterocycles. The highest BCUT2D eigenvalue weighted by atomic mass is 16.5. The number of hydrogen-bond acceptors (Lipinski definition) is 5. The van der Waals surface area contributed by atoms with E-state index < -0.39 is 23.6 Å². The summed E-state index contributed by atoms with van der Waals surface area (Å²) in [5.41, 5.74) is -0.929. The van der Waals surface area contributed by atoms with Crippen LogP contribution >= 0.6 is 0 Å². The Morgan fingerprint density at radius 1 is 0.912 bits per heavy atom. The van der Waals surface area contributed by atoms with Crippen LogP contribution in [0.1, 0.15) is 89.5 Å². The van der Waals surface area contributed by atoms with Crippen LogP contribution in [0.5, 0.6) is 0 Å². The van der Waals surface area contributed by atoms with Crippen LogP contribution in [0.15, 0.2) is 30.3 Å². The molecule has 34 heavy (non-hydrogen) atoms. The van der Waals surface area contributed by atoms with Crippen molar-refractivity contribution in [3.63, 3.8) is 0 Å². The average Bonchev–Trinajstić information content (AvgIpc) is 2.84. The number of carbonyl (C=O) groups excluding carboxylic acids is 1. The highest BCUT2D eigenvalue weighted by molar-refractivity contribution is 5.84. The van der Waals surface area contributed by atoms with Crippen molar-refractivity contribution in [3.8, 4) is 0 Å². The van der Waals surface area contributed by atoms with E-state index in [0.717, 1.165) is 17.6 Å². The summed E-state index contributed by atoms with van der Waals surface area (Å²) in [5.74, 6) is -2.46. The third-order valence-corrected chi connectivity index (χ3v) is 6.58. The van der Waals surface area contributed by atoms with Gasteiger partial charge in [-0.1, -0.05) is 68.9 Å². The summed E-state index contributed by atoms with van der Waals surface area (Å²) in [7, 11) is 0. The zero-order chi connectivity index (χ0) is 24.8. The first-order valence-electron chi connectivity index (χ1n) is 12.5. The van der Waals surface area contributed by atoms with E-state index >= 15 is 0 Å². The largest absolute Gasteiger partial charge is 0.481 e. The van der Waals surface area contributed by atoms with Crippen molar-refractivity contribution in [1.29, 1.82) is 0 Å². The second-order valence-corrected chi connectivity index (χ2v) is 9.55. The zero-order valence-electron chi connectivity index (χ0n) is 20.3. The molecule has 8 nitrogen and oxygen atoms in total. The van der Waals surface area contributed by atoms with E-state index in [9.17, 15) is 14.4 Å². The molecule has 1 aromatic rings. The number of benzene rings is 1. The van der Waals surface area contributed by atoms with Crippen molar-refractivity contribution in [3.05, 3.63) is 35.9 Å². The van der Waals surface area contributed by atoms with Gasteiger partial charge in [-0.2, -0.15) is 0 Å². The molecule has 1 amide bonds. The molecule has 8 heteroatoms. The third kappa shape index (κ3) is 10.5. The summed E-state index contributed by atoms with van der Waals surface area (Å²) in [6, 6.07) is 10.6. The summed E-state index contributed by atoms with van der Waals surface area (Å²) >= 11 is 0. The molecule has 0 aliphatic heterocycles. The molecule has 0 saturated heterocycles. The molecular formula is C26H40N2O6. The molecule has 0 radical (unpaired) electrons. The van der Waals surface area contributed by atoms with Crippen LogP contribution in [-0.4, -0.2) is 45.9 Å². The predicted molar refractivity (Wildman–Crippen MR) is 130 cm³/mol. The summed E-state index contributed by atoms with van der Waals surface area (Å²) in [4.78, 5) is 33.3. The Hall–Kier alpha value is -2.61. The Kier molecular flexibility index (Phi) is 11.9. The van der Waals surface area contributed by atoms with E-state index in [2.05, 4.69) is 10.6 Å². The third-order valence-electron chi connectivity index (χ3n) is 6.58. The van der Waals surface area contributed by atoms with Gasteiger partial charge in [0.05, 0.1) is 0 Å². The maximum atomic E-state index is 11.6. The first kappa shape index (κ1) is 27.6. The van der Waals surface area contributed by atoms with Gasteiger partial charge in [-0.15, -0.1) is 0 Å². The molecule has 4 N–H and O–H groups in total. The summed E-state index contributed by atoms with van der Waals surface area (Å²) in [6.45, 7) is 1.24. The van der Waals surface area contributed by atoms with Gasteiger partial charge < -0.3 is 25.6 Å². The maximum Gasteiger partial charge on any atom is 0.408 e. The maximum absolute atomic E-state index is 11.6. The van der Waals surface area contributed by atoms with Crippen LogP contribution in [0.3, 0.4) is 0 Å². The van der Waals surface area contributed by atoms with Gasteiger partial charge in [0, 0.05) is 18.5 Å². The molecule has 2 aliphatic carbocycles. The Morgan fingerprint density at radius 3 is 1.91 bits per heavy atom. The number of hydrogen-bond donors (Lipinski definition) is 4. The van der Waals surface area contributed by atoms with E-state index in [0.29, 0.717) is 0 Å². The van der Waals surface area contributed by atoms with Crippen molar-refractivity contribution >= 4 is 18.0 Å². The topological polar surface area (TPSA) is 125 Å². The van der Waals surface area contributed by atoms with Crippen LogP contribution in [0.4, 0.5) is 4.79 Å². The monoisotopic (exact) mass is 476 g/mol. The number of nitrogens with one attached hydrogen (secondary N) is 2.